The van der Waals surface area contributed by atoms with Crippen molar-refractivity contribution in [2.75, 3.05) is 6.61 Å². The molecule has 0 bridgehead atoms. The lowest BCUT2D eigenvalue weighted by Gasteiger charge is -2.39. The van der Waals surface area contributed by atoms with Crippen molar-refractivity contribution in [1.29, 1.82) is 0 Å². The van der Waals surface area contributed by atoms with E-state index in [0.717, 1.165) is 30.9 Å². The van der Waals surface area contributed by atoms with Gasteiger partial charge in [0.15, 0.2) is 0 Å². The largest absolute Gasteiger partial charge is 0.394 e. The first kappa shape index (κ1) is 13.3. The molecule has 1 aromatic heterocycles. The molecule has 0 spiro atoms. The first-order valence-corrected chi connectivity index (χ1v) is 6.69. The number of aliphatic hydroxyl groups is 1. The van der Waals surface area contributed by atoms with E-state index in [0.29, 0.717) is 0 Å². The molecule has 1 saturated carbocycles. The van der Waals surface area contributed by atoms with Gasteiger partial charge in [0.2, 0.25) is 0 Å². The minimum atomic E-state index is -0.0945. The molecule has 0 atom stereocenters. The molecule has 1 heterocycles. The first-order chi connectivity index (χ1) is 8.67. The average Bonchev–Trinajstić information content (AvgIpc) is 2.87. The van der Waals surface area contributed by atoms with Gasteiger partial charge in [0.25, 0.3) is 0 Å². The maximum absolute atomic E-state index is 9.66. The summed E-state index contributed by atoms with van der Waals surface area (Å²) in [5.41, 5.74) is 1.03. The van der Waals surface area contributed by atoms with E-state index in [1.807, 2.05) is 12.4 Å². The minimum absolute atomic E-state index is 0.0945. The number of aliphatic hydroxyl groups excluding tert-OH is 1. The van der Waals surface area contributed by atoms with Crippen LogP contribution < -0.4 is 5.32 Å². The van der Waals surface area contributed by atoms with Gasteiger partial charge in [0.05, 0.1) is 12.8 Å². The van der Waals surface area contributed by atoms with Gasteiger partial charge < -0.3 is 10.4 Å². The second-order valence-electron chi connectivity index (χ2n) is 5.49. The molecule has 1 aliphatic carbocycles. The van der Waals surface area contributed by atoms with Gasteiger partial charge in [-0.05, 0) is 31.6 Å². The highest BCUT2D eigenvalue weighted by atomic mass is 16.3. The van der Waals surface area contributed by atoms with Crippen LogP contribution in [0.2, 0.25) is 0 Å². The van der Waals surface area contributed by atoms with Gasteiger partial charge in [-0.15, -0.1) is 0 Å². The van der Waals surface area contributed by atoms with E-state index in [2.05, 4.69) is 23.9 Å². The molecule has 1 fully saturated rings. The second-order valence-corrected chi connectivity index (χ2v) is 5.49. The topological polar surface area (TPSA) is 50.1 Å². The molecule has 4 nitrogen and oxygen atoms in total. The van der Waals surface area contributed by atoms with Gasteiger partial charge in [-0.2, -0.15) is 5.10 Å². The summed E-state index contributed by atoms with van der Waals surface area (Å²) in [6.07, 6.45) is 9.97. The second kappa shape index (κ2) is 5.67. The Balaban J connectivity index is 1.92. The monoisotopic (exact) mass is 249 g/mol. The average molecular weight is 249 g/mol. The van der Waals surface area contributed by atoms with E-state index < -0.39 is 0 Å². The van der Waals surface area contributed by atoms with E-state index in [1.165, 1.54) is 12.8 Å². The molecule has 1 aliphatic rings. The summed E-state index contributed by atoms with van der Waals surface area (Å²) in [5, 5.41) is 17.3. The van der Waals surface area contributed by atoms with Crippen molar-refractivity contribution >= 4 is 6.20 Å². The summed E-state index contributed by atoms with van der Waals surface area (Å²) in [4.78, 5) is 0. The number of rotatable bonds is 5. The lowest BCUT2D eigenvalue weighted by atomic mass is 9.77. The third-order valence-corrected chi connectivity index (χ3v) is 4.04. The van der Waals surface area contributed by atoms with Gasteiger partial charge in [-0.25, -0.2) is 4.68 Å². The zero-order valence-corrected chi connectivity index (χ0v) is 11.1. The number of nitrogens with zero attached hydrogens (tertiary/aromatic N) is 2. The van der Waals surface area contributed by atoms with E-state index in [9.17, 15) is 5.11 Å². The van der Waals surface area contributed by atoms with Gasteiger partial charge in [0, 0.05) is 30.0 Å². The molecule has 0 saturated heterocycles. The number of hydrogen-bond donors (Lipinski definition) is 2. The van der Waals surface area contributed by atoms with E-state index in [4.69, 9.17) is 0 Å². The van der Waals surface area contributed by atoms with Crippen LogP contribution >= 0.6 is 0 Å². The van der Waals surface area contributed by atoms with Crippen LogP contribution in [0.4, 0.5) is 0 Å². The molecule has 0 radical (unpaired) electrons. The molecule has 0 unspecified atom stereocenters. The lowest BCUT2D eigenvalue weighted by molar-refractivity contribution is 0.104. The van der Waals surface area contributed by atoms with Gasteiger partial charge in [-0.3, -0.25) is 0 Å². The molecule has 0 amide bonds. The zero-order chi connectivity index (χ0) is 13.0. The fraction of sp³-hybridized carbons (Fsp3) is 0.643. The third-order valence-electron chi connectivity index (χ3n) is 4.04. The summed E-state index contributed by atoms with van der Waals surface area (Å²) < 4.78 is 1.70. The summed E-state index contributed by atoms with van der Waals surface area (Å²) in [6.45, 7) is 6.93. The third kappa shape index (κ3) is 3.00. The predicted molar refractivity (Wildman–Crippen MR) is 72.9 cm³/mol. The zero-order valence-electron chi connectivity index (χ0n) is 11.1. The van der Waals surface area contributed by atoms with Crippen molar-refractivity contribution in [1.82, 2.24) is 15.1 Å². The van der Waals surface area contributed by atoms with Gasteiger partial charge in [0.1, 0.15) is 0 Å². The Labute approximate surface area is 109 Å². The van der Waals surface area contributed by atoms with Crippen LogP contribution in [0.15, 0.2) is 19.0 Å². The highest BCUT2D eigenvalue weighted by molar-refractivity contribution is 5.17. The van der Waals surface area contributed by atoms with Crippen LogP contribution in [0, 0.1) is 5.92 Å². The fourth-order valence-corrected chi connectivity index (χ4v) is 2.56. The Morgan fingerprint density at radius 3 is 2.89 bits per heavy atom. The lowest BCUT2D eigenvalue weighted by Crippen LogP contribution is -2.50. The fourth-order valence-electron chi connectivity index (χ4n) is 2.56. The highest BCUT2D eigenvalue weighted by Crippen LogP contribution is 2.31. The molecular weight excluding hydrogens is 226 g/mol. The van der Waals surface area contributed by atoms with E-state index in [1.54, 1.807) is 10.9 Å². The van der Waals surface area contributed by atoms with Crippen molar-refractivity contribution < 1.29 is 5.11 Å². The molecule has 2 N–H and O–H groups in total. The van der Waals surface area contributed by atoms with Crippen LogP contribution in [0.3, 0.4) is 0 Å². The van der Waals surface area contributed by atoms with Crippen molar-refractivity contribution in [3.63, 3.8) is 0 Å². The molecule has 0 aromatic carbocycles. The molecular formula is C14H23N3O. The van der Waals surface area contributed by atoms with E-state index in [-0.39, 0.29) is 12.1 Å². The Kier molecular flexibility index (Phi) is 4.19. The number of nitrogens with one attached hydrogen (secondary N) is 1. The minimum Gasteiger partial charge on any atom is -0.394 e. The Bertz CT molecular complexity index is 391. The predicted octanol–water partition coefficient (Wildman–Crippen LogP) is 2.01. The van der Waals surface area contributed by atoms with Crippen molar-refractivity contribution in [2.24, 2.45) is 5.92 Å². The summed E-state index contributed by atoms with van der Waals surface area (Å²) in [5.74, 6) is 0.787. The standard InChI is InChI=1S/C14H23N3O/c1-3-17-10-13(9-16-17)8-15-14(11-18)6-4-12(2)5-7-14/h3,9-10,12,15,18H,1,4-8,11H2,2H3. The van der Waals surface area contributed by atoms with Gasteiger partial charge in [-0.1, -0.05) is 13.5 Å². The smallest absolute Gasteiger partial charge is 0.0613 e. The maximum atomic E-state index is 9.66. The molecule has 18 heavy (non-hydrogen) atoms. The molecule has 0 aliphatic heterocycles. The Hall–Kier alpha value is -1.13. The van der Waals surface area contributed by atoms with Gasteiger partial charge >= 0.3 is 0 Å². The highest BCUT2D eigenvalue weighted by Gasteiger charge is 2.32. The van der Waals surface area contributed by atoms with Crippen molar-refractivity contribution in [3.05, 3.63) is 24.5 Å². The van der Waals surface area contributed by atoms with Crippen LogP contribution in [0.1, 0.15) is 38.2 Å². The van der Waals surface area contributed by atoms with Crippen molar-refractivity contribution in [2.45, 2.75) is 44.7 Å². The molecule has 1 aromatic rings. The SMILES string of the molecule is C=Cn1cc(CNC2(CO)CCC(C)CC2)cn1. The summed E-state index contributed by atoms with van der Waals surface area (Å²) in [7, 11) is 0. The van der Waals surface area contributed by atoms with Crippen molar-refractivity contribution in [3.8, 4) is 0 Å². The normalized spacial score (nSPS) is 28.2. The summed E-state index contributed by atoms with van der Waals surface area (Å²) >= 11 is 0. The summed E-state index contributed by atoms with van der Waals surface area (Å²) in [6, 6.07) is 0. The first-order valence-electron chi connectivity index (χ1n) is 6.69. The van der Waals surface area contributed by atoms with Crippen LogP contribution in [-0.2, 0) is 6.54 Å². The van der Waals surface area contributed by atoms with Crippen LogP contribution in [0.25, 0.3) is 6.20 Å². The van der Waals surface area contributed by atoms with Crippen LogP contribution in [0.5, 0.6) is 0 Å². The maximum Gasteiger partial charge on any atom is 0.0613 e. The van der Waals surface area contributed by atoms with Crippen LogP contribution in [-0.4, -0.2) is 27.0 Å². The molecule has 100 valence electrons. The molecule has 2 rings (SSSR count). The number of aromatic nitrogens is 2. The Morgan fingerprint density at radius 1 is 1.61 bits per heavy atom. The quantitative estimate of drug-likeness (QED) is 0.839. The molecule has 4 heteroatoms. The van der Waals surface area contributed by atoms with E-state index >= 15 is 0 Å². The number of hydrogen-bond acceptors (Lipinski definition) is 3. The Morgan fingerprint density at radius 2 is 2.33 bits per heavy atom.